The maximum absolute atomic E-state index is 11.9. The van der Waals surface area contributed by atoms with Crippen LogP contribution in [0.3, 0.4) is 0 Å². The van der Waals surface area contributed by atoms with Gasteiger partial charge in [-0.05, 0) is 50.6 Å². The molecule has 0 aliphatic rings. The number of nitrogens with one attached hydrogen (secondary N) is 1. The minimum Gasteiger partial charge on any atom is -0.483 e. The lowest BCUT2D eigenvalue weighted by Crippen LogP contribution is -2.31. The van der Waals surface area contributed by atoms with Gasteiger partial charge in [-0.1, -0.05) is 48.5 Å². The molecule has 0 saturated heterocycles. The highest BCUT2D eigenvalue weighted by atomic mass is 16.5. The fraction of sp³-hybridized carbons (Fsp3) is 0.381. The molecule has 25 heavy (non-hydrogen) atoms. The molecular weight excluding hydrogens is 312 g/mol. The van der Waals surface area contributed by atoms with Crippen LogP contribution in [-0.4, -0.2) is 37.6 Å². The van der Waals surface area contributed by atoms with Gasteiger partial charge in [-0.3, -0.25) is 4.79 Å². The highest BCUT2D eigenvalue weighted by Gasteiger charge is 2.07. The second kappa shape index (κ2) is 9.84. The van der Waals surface area contributed by atoms with E-state index in [1.807, 2.05) is 38.1 Å². The van der Waals surface area contributed by atoms with Crippen LogP contribution >= 0.6 is 0 Å². The number of rotatable bonds is 9. The summed E-state index contributed by atoms with van der Waals surface area (Å²) in [7, 11) is 2.10. The zero-order valence-electron chi connectivity index (χ0n) is 15.4. The van der Waals surface area contributed by atoms with Gasteiger partial charge in [-0.2, -0.15) is 0 Å². The molecule has 1 N–H and O–H groups in total. The van der Waals surface area contributed by atoms with E-state index in [-0.39, 0.29) is 12.5 Å². The number of hydrogen-bond donors (Lipinski definition) is 1. The number of amides is 1. The Bertz CT molecular complexity index is 651. The lowest BCUT2D eigenvalue weighted by atomic mass is 10.1. The third-order valence-corrected chi connectivity index (χ3v) is 4.09. The summed E-state index contributed by atoms with van der Waals surface area (Å²) in [5.41, 5.74) is 3.40. The lowest BCUT2D eigenvalue weighted by molar-refractivity contribution is -0.123. The molecule has 0 bridgehead atoms. The van der Waals surface area contributed by atoms with Gasteiger partial charge in [0.1, 0.15) is 5.75 Å². The Morgan fingerprint density at radius 1 is 1.04 bits per heavy atom. The van der Waals surface area contributed by atoms with Crippen molar-refractivity contribution in [2.24, 2.45) is 0 Å². The molecule has 2 aromatic rings. The Hall–Kier alpha value is -2.33. The molecule has 0 unspecified atom stereocenters. The van der Waals surface area contributed by atoms with Crippen LogP contribution in [-0.2, 0) is 11.3 Å². The van der Waals surface area contributed by atoms with Gasteiger partial charge in [0.2, 0.25) is 0 Å². The predicted octanol–water partition coefficient (Wildman–Crippen LogP) is 3.32. The number of nitrogens with zero attached hydrogens (tertiary/aromatic N) is 1. The van der Waals surface area contributed by atoms with Crippen LogP contribution in [0.5, 0.6) is 5.75 Å². The van der Waals surface area contributed by atoms with Crippen molar-refractivity contribution in [2.75, 3.05) is 26.7 Å². The number of benzene rings is 2. The van der Waals surface area contributed by atoms with Gasteiger partial charge in [-0.25, -0.2) is 0 Å². The van der Waals surface area contributed by atoms with E-state index < -0.39 is 0 Å². The van der Waals surface area contributed by atoms with E-state index in [1.165, 1.54) is 5.56 Å². The normalized spacial score (nSPS) is 10.7. The van der Waals surface area contributed by atoms with E-state index in [2.05, 4.69) is 41.5 Å². The van der Waals surface area contributed by atoms with Crippen LogP contribution in [0.15, 0.2) is 48.5 Å². The van der Waals surface area contributed by atoms with Crippen molar-refractivity contribution in [1.29, 1.82) is 0 Å². The van der Waals surface area contributed by atoms with Gasteiger partial charge >= 0.3 is 0 Å². The summed E-state index contributed by atoms with van der Waals surface area (Å²) < 4.78 is 5.66. The summed E-state index contributed by atoms with van der Waals surface area (Å²) in [6.07, 6.45) is 0.915. The van der Waals surface area contributed by atoms with Crippen molar-refractivity contribution in [3.05, 3.63) is 65.2 Å². The van der Waals surface area contributed by atoms with Crippen LogP contribution in [0.2, 0.25) is 0 Å². The summed E-state index contributed by atoms with van der Waals surface area (Å²) in [4.78, 5) is 14.2. The molecule has 134 valence electrons. The molecule has 0 aliphatic carbocycles. The summed E-state index contributed by atoms with van der Waals surface area (Å²) >= 11 is 0. The largest absolute Gasteiger partial charge is 0.483 e. The van der Waals surface area contributed by atoms with Crippen LogP contribution in [0, 0.1) is 13.8 Å². The molecule has 0 aromatic heterocycles. The van der Waals surface area contributed by atoms with Gasteiger partial charge < -0.3 is 15.0 Å². The Balaban J connectivity index is 1.62. The molecule has 0 aliphatic heterocycles. The molecule has 4 nitrogen and oxygen atoms in total. The van der Waals surface area contributed by atoms with E-state index in [0.29, 0.717) is 6.54 Å². The van der Waals surface area contributed by atoms with Gasteiger partial charge in [0.15, 0.2) is 6.61 Å². The topological polar surface area (TPSA) is 41.6 Å². The number of aryl methyl sites for hydroxylation is 2. The highest BCUT2D eigenvalue weighted by Crippen LogP contribution is 2.21. The fourth-order valence-electron chi connectivity index (χ4n) is 2.77. The van der Waals surface area contributed by atoms with Gasteiger partial charge in [0, 0.05) is 13.1 Å². The molecule has 2 rings (SSSR count). The van der Waals surface area contributed by atoms with Crippen molar-refractivity contribution < 1.29 is 9.53 Å². The summed E-state index contributed by atoms with van der Waals surface area (Å²) in [5, 5.41) is 2.92. The van der Waals surface area contributed by atoms with E-state index in [0.717, 1.165) is 36.4 Å². The van der Waals surface area contributed by atoms with E-state index in [1.54, 1.807) is 0 Å². The second-order valence-electron chi connectivity index (χ2n) is 6.44. The maximum atomic E-state index is 11.9. The van der Waals surface area contributed by atoms with Crippen LogP contribution in [0.1, 0.15) is 23.1 Å². The third kappa shape index (κ3) is 6.59. The van der Waals surface area contributed by atoms with Crippen molar-refractivity contribution in [3.63, 3.8) is 0 Å². The van der Waals surface area contributed by atoms with E-state index >= 15 is 0 Å². The number of ether oxygens (including phenoxy) is 1. The van der Waals surface area contributed by atoms with Crippen molar-refractivity contribution >= 4 is 5.91 Å². The van der Waals surface area contributed by atoms with Gasteiger partial charge in [0.05, 0.1) is 0 Å². The minimum absolute atomic E-state index is 0.0611. The predicted molar refractivity (Wildman–Crippen MR) is 102 cm³/mol. The molecule has 0 spiro atoms. The van der Waals surface area contributed by atoms with Gasteiger partial charge in [0.25, 0.3) is 5.91 Å². The molecule has 0 radical (unpaired) electrons. The van der Waals surface area contributed by atoms with Crippen molar-refractivity contribution in [2.45, 2.75) is 26.8 Å². The molecule has 0 atom stereocenters. The van der Waals surface area contributed by atoms with Gasteiger partial charge in [-0.15, -0.1) is 0 Å². The SMILES string of the molecule is Cc1cccc(C)c1OCC(=O)NCCCN(C)Cc1ccccc1. The van der Waals surface area contributed by atoms with Crippen molar-refractivity contribution in [3.8, 4) is 5.75 Å². The van der Waals surface area contributed by atoms with Crippen LogP contribution in [0.25, 0.3) is 0 Å². The molecule has 0 heterocycles. The summed E-state index contributed by atoms with van der Waals surface area (Å²) in [6.45, 7) is 6.56. The molecule has 1 amide bonds. The molecule has 0 fully saturated rings. The highest BCUT2D eigenvalue weighted by molar-refractivity contribution is 5.77. The first-order valence-corrected chi connectivity index (χ1v) is 8.74. The Labute approximate surface area is 150 Å². The van der Waals surface area contributed by atoms with Crippen LogP contribution in [0.4, 0.5) is 0 Å². The average Bonchev–Trinajstić information content (AvgIpc) is 2.59. The first-order chi connectivity index (χ1) is 12.1. The Kier molecular flexibility index (Phi) is 7.48. The number of para-hydroxylation sites is 1. The second-order valence-corrected chi connectivity index (χ2v) is 6.44. The third-order valence-electron chi connectivity index (χ3n) is 4.09. The zero-order valence-corrected chi connectivity index (χ0v) is 15.4. The summed E-state index contributed by atoms with van der Waals surface area (Å²) in [5.74, 6) is 0.730. The summed E-state index contributed by atoms with van der Waals surface area (Å²) in [6, 6.07) is 16.4. The molecule has 2 aromatic carbocycles. The average molecular weight is 340 g/mol. The quantitative estimate of drug-likeness (QED) is 0.712. The van der Waals surface area contributed by atoms with Crippen molar-refractivity contribution in [1.82, 2.24) is 10.2 Å². The fourth-order valence-corrected chi connectivity index (χ4v) is 2.77. The monoisotopic (exact) mass is 340 g/mol. The first-order valence-electron chi connectivity index (χ1n) is 8.74. The number of carbonyl (C=O) groups is 1. The number of hydrogen-bond acceptors (Lipinski definition) is 3. The standard InChI is InChI=1S/C21H28N2O2/c1-17-9-7-10-18(2)21(17)25-16-20(24)22-13-8-14-23(3)15-19-11-5-4-6-12-19/h4-7,9-12H,8,13-16H2,1-3H3,(H,22,24). The molecular formula is C21H28N2O2. The number of carbonyl (C=O) groups excluding carboxylic acids is 1. The molecule has 4 heteroatoms. The maximum Gasteiger partial charge on any atom is 0.257 e. The Morgan fingerprint density at radius 3 is 2.40 bits per heavy atom. The van der Waals surface area contributed by atoms with E-state index in [9.17, 15) is 4.79 Å². The lowest BCUT2D eigenvalue weighted by Gasteiger charge is -2.17. The smallest absolute Gasteiger partial charge is 0.257 e. The Morgan fingerprint density at radius 2 is 1.72 bits per heavy atom. The molecule has 0 saturated carbocycles. The zero-order chi connectivity index (χ0) is 18.1. The van der Waals surface area contributed by atoms with Crippen LogP contribution < -0.4 is 10.1 Å². The minimum atomic E-state index is -0.0756. The first kappa shape index (κ1) is 19.0. The van der Waals surface area contributed by atoms with E-state index in [4.69, 9.17) is 4.74 Å².